The van der Waals surface area contributed by atoms with Gasteiger partial charge >= 0.3 is 0 Å². The van der Waals surface area contributed by atoms with Crippen LogP contribution in [0.2, 0.25) is 0 Å². The number of hydrogen-bond acceptors (Lipinski definition) is 3. The van der Waals surface area contributed by atoms with E-state index in [0.717, 1.165) is 33.5 Å². The second kappa shape index (κ2) is 7.95. The highest BCUT2D eigenvalue weighted by Gasteiger charge is 2.20. The van der Waals surface area contributed by atoms with Crippen molar-refractivity contribution in [1.82, 2.24) is 14.8 Å². The quantitative estimate of drug-likeness (QED) is 0.501. The van der Waals surface area contributed by atoms with Crippen molar-refractivity contribution < 1.29 is 4.79 Å². The summed E-state index contributed by atoms with van der Waals surface area (Å²) in [5.41, 5.74) is 7.08. The number of aromatic nitrogens is 3. The van der Waals surface area contributed by atoms with Gasteiger partial charge in [0.15, 0.2) is 5.82 Å². The zero-order valence-electron chi connectivity index (χ0n) is 17.6. The molecule has 0 aliphatic carbocycles. The summed E-state index contributed by atoms with van der Waals surface area (Å²) in [6.07, 6.45) is 0. The van der Waals surface area contributed by atoms with Gasteiger partial charge in [0, 0.05) is 11.3 Å². The molecule has 30 heavy (non-hydrogen) atoms. The average molecular weight is 396 g/mol. The van der Waals surface area contributed by atoms with Gasteiger partial charge in [-0.25, -0.2) is 9.67 Å². The van der Waals surface area contributed by atoms with Crippen LogP contribution in [-0.2, 0) is 0 Å². The Balaban J connectivity index is 1.79. The zero-order valence-corrected chi connectivity index (χ0v) is 17.6. The highest BCUT2D eigenvalue weighted by Crippen LogP contribution is 2.25. The van der Waals surface area contributed by atoms with E-state index in [-0.39, 0.29) is 11.7 Å². The van der Waals surface area contributed by atoms with Crippen LogP contribution >= 0.6 is 0 Å². The maximum absolute atomic E-state index is 12.9. The number of hydrogen-bond donors (Lipinski definition) is 1. The summed E-state index contributed by atoms with van der Waals surface area (Å²) < 4.78 is 1.76. The number of rotatable bonds is 4. The SMILES string of the molecule is Cc1ccc(NC(=O)c2nc(-c3ccc(C)cc3)n(-c3cccc(C)c3C)n2)cc1. The third kappa shape index (κ3) is 3.87. The van der Waals surface area contributed by atoms with E-state index in [0.29, 0.717) is 11.5 Å². The van der Waals surface area contributed by atoms with Crippen LogP contribution in [0.25, 0.3) is 17.1 Å². The minimum atomic E-state index is -0.337. The molecule has 0 saturated heterocycles. The third-order valence-corrected chi connectivity index (χ3v) is 5.23. The van der Waals surface area contributed by atoms with Crippen LogP contribution in [0.1, 0.15) is 32.9 Å². The molecule has 0 saturated carbocycles. The molecule has 0 radical (unpaired) electrons. The Hall–Kier alpha value is -3.73. The van der Waals surface area contributed by atoms with Gasteiger partial charge in [-0.3, -0.25) is 4.79 Å². The number of aryl methyl sites for hydroxylation is 3. The second-order valence-corrected chi connectivity index (χ2v) is 7.58. The van der Waals surface area contributed by atoms with Crippen molar-refractivity contribution >= 4 is 11.6 Å². The fourth-order valence-electron chi connectivity index (χ4n) is 3.25. The molecule has 0 aliphatic heterocycles. The van der Waals surface area contributed by atoms with Gasteiger partial charge in [-0.15, -0.1) is 5.10 Å². The number of nitrogens with zero attached hydrogens (tertiary/aromatic N) is 3. The summed E-state index contributed by atoms with van der Waals surface area (Å²) in [7, 11) is 0. The van der Waals surface area contributed by atoms with Gasteiger partial charge in [0.1, 0.15) is 0 Å². The fraction of sp³-hybridized carbons (Fsp3) is 0.160. The molecule has 1 heterocycles. The molecular formula is C25H24N4O. The summed E-state index contributed by atoms with van der Waals surface area (Å²) in [4.78, 5) is 17.5. The maximum Gasteiger partial charge on any atom is 0.295 e. The van der Waals surface area contributed by atoms with Gasteiger partial charge in [0.2, 0.25) is 5.82 Å². The van der Waals surface area contributed by atoms with Crippen LogP contribution in [0.5, 0.6) is 0 Å². The predicted octanol–water partition coefficient (Wildman–Crippen LogP) is 5.42. The Morgan fingerprint density at radius 1 is 0.833 bits per heavy atom. The first-order valence-electron chi connectivity index (χ1n) is 9.91. The van der Waals surface area contributed by atoms with E-state index in [9.17, 15) is 4.79 Å². The van der Waals surface area contributed by atoms with E-state index >= 15 is 0 Å². The maximum atomic E-state index is 12.9. The molecule has 0 spiro atoms. The first kappa shape index (κ1) is 19.6. The highest BCUT2D eigenvalue weighted by atomic mass is 16.2. The summed E-state index contributed by atoms with van der Waals surface area (Å²) in [5, 5.41) is 7.48. The van der Waals surface area contributed by atoms with Crippen LogP contribution < -0.4 is 5.32 Å². The molecule has 3 aromatic carbocycles. The third-order valence-electron chi connectivity index (χ3n) is 5.23. The Bertz CT molecular complexity index is 1210. The smallest absolute Gasteiger partial charge is 0.295 e. The van der Waals surface area contributed by atoms with Crippen LogP contribution in [-0.4, -0.2) is 20.7 Å². The molecule has 1 aromatic heterocycles. The monoisotopic (exact) mass is 396 g/mol. The van der Waals surface area contributed by atoms with E-state index in [4.69, 9.17) is 0 Å². The Labute approximate surface area is 176 Å². The van der Waals surface area contributed by atoms with Crippen LogP contribution in [0.4, 0.5) is 5.69 Å². The largest absolute Gasteiger partial charge is 0.319 e. The van der Waals surface area contributed by atoms with E-state index in [1.54, 1.807) is 4.68 Å². The van der Waals surface area contributed by atoms with Gasteiger partial charge in [0.25, 0.3) is 5.91 Å². The van der Waals surface area contributed by atoms with Crippen molar-refractivity contribution in [1.29, 1.82) is 0 Å². The molecule has 0 atom stereocenters. The predicted molar refractivity (Wildman–Crippen MR) is 120 cm³/mol. The molecule has 1 amide bonds. The lowest BCUT2D eigenvalue weighted by Gasteiger charge is -2.11. The summed E-state index contributed by atoms with van der Waals surface area (Å²) in [6.45, 7) is 8.16. The number of carbonyl (C=O) groups excluding carboxylic acids is 1. The van der Waals surface area contributed by atoms with Gasteiger partial charge in [-0.05, 0) is 57.0 Å². The Kier molecular flexibility index (Phi) is 5.19. The minimum Gasteiger partial charge on any atom is -0.319 e. The number of amides is 1. The zero-order chi connectivity index (χ0) is 21.3. The molecule has 0 bridgehead atoms. The van der Waals surface area contributed by atoms with Crippen molar-refractivity contribution in [3.05, 3.63) is 94.8 Å². The van der Waals surface area contributed by atoms with E-state index in [1.807, 2.05) is 74.5 Å². The summed E-state index contributed by atoms with van der Waals surface area (Å²) in [6, 6.07) is 21.8. The summed E-state index contributed by atoms with van der Waals surface area (Å²) in [5.74, 6) is 0.432. The normalized spacial score (nSPS) is 10.8. The molecule has 4 rings (SSSR count). The standard InChI is InChI=1S/C25H24N4O/c1-16-8-12-20(13-9-16)24-27-23(25(30)26-21-14-10-17(2)11-15-21)28-29(24)22-7-5-6-18(3)19(22)4/h5-15H,1-4H3,(H,26,30). The van der Waals surface area contributed by atoms with E-state index in [1.165, 1.54) is 0 Å². The Morgan fingerprint density at radius 3 is 2.13 bits per heavy atom. The van der Waals surface area contributed by atoms with Crippen LogP contribution in [0.15, 0.2) is 66.7 Å². The summed E-state index contributed by atoms with van der Waals surface area (Å²) >= 11 is 0. The first-order chi connectivity index (χ1) is 14.4. The minimum absolute atomic E-state index is 0.132. The van der Waals surface area contributed by atoms with Crippen molar-refractivity contribution in [2.24, 2.45) is 0 Å². The lowest BCUT2D eigenvalue weighted by Crippen LogP contribution is -2.14. The number of benzene rings is 3. The topological polar surface area (TPSA) is 59.8 Å². The highest BCUT2D eigenvalue weighted by molar-refractivity contribution is 6.01. The van der Waals surface area contributed by atoms with Gasteiger partial charge in [-0.2, -0.15) is 0 Å². The molecule has 5 heteroatoms. The number of anilines is 1. The van der Waals surface area contributed by atoms with Gasteiger partial charge < -0.3 is 5.32 Å². The lowest BCUT2D eigenvalue weighted by molar-refractivity contribution is 0.101. The number of nitrogens with one attached hydrogen (secondary N) is 1. The average Bonchev–Trinajstić information content (AvgIpc) is 3.17. The van der Waals surface area contributed by atoms with Gasteiger partial charge in [0.05, 0.1) is 5.69 Å². The molecule has 150 valence electrons. The molecule has 0 fully saturated rings. The molecule has 1 N–H and O–H groups in total. The van der Waals surface area contributed by atoms with Crippen molar-refractivity contribution in [3.63, 3.8) is 0 Å². The Morgan fingerprint density at radius 2 is 1.47 bits per heavy atom. The molecule has 5 nitrogen and oxygen atoms in total. The van der Waals surface area contributed by atoms with Crippen LogP contribution in [0, 0.1) is 27.7 Å². The van der Waals surface area contributed by atoms with E-state index in [2.05, 4.69) is 35.3 Å². The second-order valence-electron chi connectivity index (χ2n) is 7.58. The number of carbonyl (C=O) groups is 1. The van der Waals surface area contributed by atoms with Crippen molar-refractivity contribution in [2.45, 2.75) is 27.7 Å². The molecule has 0 unspecified atom stereocenters. The van der Waals surface area contributed by atoms with Crippen molar-refractivity contribution in [3.8, 4) is 17.1 Å². The molecule has 4 aromatic rings. The fourth-order valence-corrected chi connectivity index (χ4v) is 3.25. The molecular weight excluding hydrogens is 372 g/mol. The van der Waals surface area contributed by atoms with Crippen molar-refractivity contribution in [2.75, 3.05) is 5.32 Å². The lowest BCUT2D eigenvalue weighted by atomic mass is 10.1. The molecule has 0 aliphatic rings. The van der Waals surface area contributed by atoms with Gasteiger partial charge in [-0.1, -0.05) is 59.7 Å². The first-order valence-corrected chi connectivity index (χ1v) is 9.91. The van der Waals surface area contributed by atoms with E-state index < -0.39 is 0 Å². The van der Waals surface area contributed by atoms with Crippen LogP contribution in [0.3, 0.4) is 0 Å².